The fraction of sp³-hybridized carbons (Fsp3) is 0.286. The van der Waals surface area contributed by atoms with Crippen molar-refractivity contribution in [3.05, 3.63) is 42.0 Å². The fourth-order valence-electron chi connectivity index (χ4n) is 1.66. The van der Waals surface area contributed by atoms with E-state index in [4.69, 9.17) is 0 Å². The fourth-order valence-corrected chi connectivity index (χ4v) is 1.66. The second-order valence-electron chi connectivity index (χ2n) is 4.19. The van der Waals surface area contributed by atoms with E-state index in [1.54, 1.807) is 24.3 Å². The van der Waals surface area contributed by atoms with Gasteiger partial charge < -0.3 is 4.74 Å². The number of ether oxygens (including phenoxy) is 1. The maximum Gasteiger partial charge on any atom is 0.337 e. The van der Waals surface area contributed by atoms with Crippen molar-refractivity contribution in [1.29, 1.82) is 0 Å². The molecule has 0 unspecified atom stereocenters. The summed E-state index contributed by atoms with van der Waals surface area (Å²) < 4.78 is 4.59. The molecule has 1 fully saturated rings. The van der Waals surface area contributed by atoms with Crippen LogP contribution in [0.15, 0.2) is 30.8 Å². The van der Waals surface area contributed by atoms with E-state index in [9.17, 15) is 9.59 Å². The lowest BCUT2D eigenvalue weighted by Gasteiger charge is -2.04. The third kappa shape index (κ3) is 2.44. The minimum Gasteiger partial charge on any atom is -0.465 e. The van der Waals surface area contributed by atoms with Gasteiger partial charge in [0.1, 0.15) is 0 Å². The summed E-state index contributed by atoms with van der Waals surface area (Å²) in [6.45, 7) is 3.66. The zero-order valence-electron chi connectivity index (χ0n) is 9.73. The van der Waals surface area contributed by atoms with Crippen LogP contribution in [0, 0.1) is 5.92 Å². The van der Waals surface area contributed by atoms with E-state index in [2.05, 4.69) is 11.3 Å². The normalized spacial score (nSPS) is 14.2. The summed E-state index contributed by atoms with van der Waals surface area (Å²) in [7, 11) is 1.32. The Balaban J connectivity index is 2.15. The average molecular weight is 230 g/mol. The van der Waals surface area contributed by atoms with E-state index in [0.717, 1.165) is 12.8 Å². The Labute approximate surface area is 100 Å². The van der Waals surface area contributed by atoms with Crippen LogP contribution in [0.4, 0.5) is 0 Å². The van der Waals surface area contributed by atoms with Crippen molar-refractivity contribution in [3.63, 3.8) is 0 Å². The average Bonchev–Trinajstić information content (AvgIpc) is 3.20. The Kier molecular flexibility index (Phi) is 3.09. The van der Waals surface area contributed by atoms with Crippen LogP contribution in [0.5, 0.6) is 0 Å². The Morgan fingerprint density at radius 1 is 1.18 bits per heavy atom. The van der Waals surface area contributed by atoms with E-state index < -0.39 is 5.97 Å². The van der Waals surface area contributed by atoms with Crippen LogP contribution in [-0.4, -0.2) is 18.9 Å². The van der Waals surface area contributed by atoms with Gasteiger partial charge in [0.15, 0.2) is 5.78 Å². The molecule has 0 aromatic heterocycles. The highest BCUT2D eigenvalue weighted by Crippen LogP contribution is 2.32. The van der Waals surface area contributed by atoms with Gasteiger partial charge in [-0.15, -0.1) is 0 Å². The molecule has 0 aliphatic heterocycles. The molecule has 3 heteroatoms. The predicted molar refractivity (Wildman–Crippen MR) is 64.5 cm³/mol. The highest BCUT2D eigenvalue weighted by atomic mass is 16.5. The summed E-state index contributed by atoms with van der Waals surface area (Å²) in [5, 5.41) is 0. The van der Waals surface area contributed by atoms with Gasteiger partial charge >= 0.3 is 5.97 Å². The first kappa shape index (κ1) is 11.6. The van der Waals surface area contributed by atoms with Gasteiger partial charge in [-0.25, -0.2) is 4.79 Å². The molecule has 0 spiro atoms. The Bertz CT molecular complexity index is 467. The monoisotopic (exact) mass is 230 g/mol. The molecule has 0 heterocycles. The number of carbonyl (C=O) groups is 2. The lowest BCUT2D eigenvalue weighted by atomic mass is 10.0. The molecular formula is C14H14O3. The number of esters is 1. The lowest BCUT2D eigenvalue weighted by Crippen LogP contribution is -2.04. The third-order valence-electron chi connectivity index (χ3n) is 2.90. The van der Waals surface area contributed by atoms with Crippen LogP contribution in [0.3, 0.4) is 0 Å². The van der Waals surface area contributed by atoms with Crippen LogP contribution in [0.25, 0.3) is 5.57 Å². The number of methoxy groups -OCH3 is 1. The number of benzene rings is 1. The van der Waals surface area contributed by atoms with Crippen LogP contribution < -0.4 is 0 Å². The topological polar surface area (TPSA) is 43.4 Å². The number of ketones is 1. The molecule has 88 valence electrons. The highest BCUT2D eigenvalue weighted by Gasteiger charge is 2.30. The highest BCUT2D eigenvalue weighted by molar-refractivity contribution is 6.15. The molecule has 0 bridgehead atoms. The summed E-state index contributed by atoms with van der Waals surface area (Å²) in [5.74, 6) is -0.0452. The van der Waals surface area contributed by atoms with E-state index in [0.29, 0.717) is 16.7 Å². The van der Waals surface area contributed by atoms with Crippen LogP contribution >= 0.6 is 0 Å². The summed E-state index contributed by atoms with van der Waals surface area (Å²) in [6, 6.07) is 6.94. The van der Waals surface area contributed by atoms with Crippen molar-refractivity contribution in [2.24, 2.45) is 5.92 Å². The molecule has 17 heavy (non-hydrogen) atoms. The molecule has 0 atom stereocenters. The van der Waals surface area contributed by atoms with Gasteiger partial charge in [-0.3, -0.25) is 4.79 Å². The van der Waals surface area contributed by atoms with Crippen molar-refractivity contribution in [2.45, 2.75) is 12.8 Å². The third-order valence-corrected chi connectivity index (χ3v) is 2.90. The minimum atomic E-state index is -0.453. The van der Waals surface area contributed by atoms with Crippen LogP contribution in [0.1, 0.15) is 28.8 Å². The van der Waals surface area contributed by atoms with Gasteiger partial charge in [-0.1, -0.05) is 30.8 Å². The Hall–Kier alpha value is -1.90. The first-order valence-corrected chi connectivity index (χ1v) is 5.55. The smallest absolute Gasteiger partial charge is 0.337 e. The van der Waals surface area contributed by atoms with E-state index >= 15 is 0 Å². The number of rotatable bonds is 4. The number of hydrogen-bond donors (Lipinski definition) is 0. The largest absolute Gasteiger partial charge is 0.465 e. The summed E-state index contributed by atoms with van der Waals surface area (Å²) in [6.07, 6.45) is 1.99. The number of carbonyl (C=O) groups excluding carboxylic acids is 2. The second kappa shape index (κ2) is 4.53. The minimum absolute atomic E-state index is 0.195. The Morgan fingerprint density at radius 3 is 2.18 bits per heavy atom. The zero-order valence-corrected chi connectivity index (χ0v) is 9.73. The predicted octanol–water partition coefficient (Wildman–Crippen LogP) is 2.47. The summed E-state index contributed by atoms with van der Waals surface area (Å²) in [5.41, 5.74) is 1.69. The van der Waals surface area contributed by atoms with Crippen molar-refractivity contribution in [2.75, 3.05) is 7.11 Å². The molecule has 1 aliphatic carbocycles. The molecule has 0 N–H and O–H groups in total. The van der Waals surface area contributed by atoms with Gasteiger partial charge in [-0.2, -0.15) is 0 Å². The lowest BCUT2D eigenvalue weighted by molar-refractivity contribution is -0.133. The summed E-state index contributed by atoms with van der Waals surface area (Å²) >= 11 is 0. The van der Waals surface area contributed by atoms with E-state index in [-0.39, 0.29) is 11.7 Å². The standard InChI is InChI=1S/C14H14O3/c1-9(14(16)17-2)10-3-5-11(6-4-10)13(15)12-7-8-12/h3-6,12H,1,7-8H2,2H3. The zero-order chi connectivity index (χ0) is 12.4. The Morgan fingerprint density at radius 2 is 1.71 bits per heavy atom. The van der Waals surface area contributed by atoms with Gasteiger partial charge in [0, 0.05) is 11.5 Å². The van der Waals surface area contributed by atoms with Crippen molar-refractivity contribution in [1.82, 2.24) is 0 Å². The van der Waals surface area contributed by atoms with Gasteiger partial charge in [0.2, 0.25) is 0 Å². The maximum atomic E-state index is 11.8. The second-order valence-corrected chi connectivity index (χ2v) is 4.19. The van der Waals surface area contributed by atoms with Gasteiger partial charge in [0.25, 0.3) is 0 Å². The van der Waals surface area contributed by atoms with E-state index in [1.807, 2.05) is 0 Å². The van der Waals surface area contributed by atoms with E-state index in [1.165, 1.54) is 7.11 Å². The summed E-state index contributed by atoms with van der Waals surface area (Å²) in [4.78, 5) is 23.0. The molecule has 1 aromatic carbocycles. The van der Waals surface area contributed by atoms with Crippen molar-refractivity contribution >= 4 is 17.3 Å². The molecule has 0 radical (unpaired) electrons. The molecule has 2 rings (SSSR count). The molecule has 1 aromatic rings. The number of hydrogen-bond acceptors (Lipinski definition) is 3. The molecule has 0 saturated heterocycles. The molecule has 1 aliphatic rings. The maximum absolute atomic E-state index is 11.8. The quantitative estimate of drug-likeness (QED) is 0.453. The van der Waals surface area contributed by atoms with Crippen molar-refractivity contribution < 1.29 is 14.3 Å². The first-order valence-electron chi connectivity index (χ1n) is 5.55. The van der Waals surface area contributed by atoms with Crippen LogP contribution in [0.2, 0.25) is 0 Å². The van der Waals surface area contributed by atoms with Crippen molar-refractivity contribution in [3.8, 4) is 0 Å². The molecule has 0 amide bonds. The molecule has 3 nitrogen and oxygen atoms in total. The SMILES string of the molecule is C=C(C(=O)OC)c1ccc(C(=O)C2CC2)cc1. The number of Topliss-reactive ketones (excluding diaryl/α,β-unsaturated/α-hetero) is 1. The van der Waals surface area contributed by atoms with Gasteiger partial charge in [-0.05, 0) is 18.4 Å². The van der Waals surface area contributed by atoms with Gasteiger partial charge in [0.05, 0.1) is 12.7 Å². The van der Waals surface area contributed by atoms with Crippen LogP contribution in [-0.2, 0) is 9.53 Å². The first-order chi connectivity index (χ1) is 8.13. The molecule has 1 saturated carbocycles. The molecular weight excluding hydrogens is 216 g/mol.